The third-order valence-electron chi connectivity index (χ3n) is 3.12. The monoisotopic (exact) mass is 327 g/mol. The van der Waals surface area contributed by atoms with Gasteiger partial charge in [-0.05, 0) is 48.7 Å². The molecule has 1 amide bonds. The van der Waals surface area contributed by atoms with Gasteiger partial charge in [0.2, 0.25) is 5.76 Å². The van der Waals surface area contributed by atoms with Gasteiger partial charge >= 0.3 is 5.97 Å². The molecular weight excluding hydrogens is 314 g/mol. The summed E-state index contributed by atoms with van der Waals surface area (Å²) in [6.45, 7) is 1.77. The molecule has 0 bridgehead atoms. The van der Waals surface area contributed by atoms with Gasteiger partial charge in [0.15, 0.2) is 0 Å². The van der Waals surface area contributed by atoms with E-state index in [0.29, 0.717) is 16.3 Å². The fourth-order valence-electron chi connectivity index (χ4n) is 1.94. The van der Waals surface area contributed by atoms with E-state index in [1.54, 1.807) is 43.3 Å². The Balaban J connectivity index is 1.64. The average molecular weight is 327 g/mol. The first-order valence-corrected chi connectivity index (χ1v) is 7.72. The Kier molecular flexibility index (Phi) is 4.25. The van der Waals surface area contributed by atoms with Crippen molar-refractivity contribution in [3.8, 4) is 5.75 Å². The van der Waals surface area contributed by atoms with Crippen LogP contribution in [0.1, 0.15) is 25.8 Å². The van der Waals surface area contributed by atoms with Crippen molar-refractivity contribution in [3.63, 3.8) is 0 Å². The number of hydrogen-bond acceptors (Lipinski definition) is 5. The number of nitrogens with one attached hydrogen (secondary N) is 1. The molecule has 0 aliphatic rings. The van der Waals surface area contributed by atoms with Gasteiger partial charge in [0.25, 0.3) is 5.91 Å². The van der Waals surface area contributed by atoms with Crippen LogP contribution in [0.25, 0.3) is 0 Å². The summed E-state index contributed by atoms with van der Waals surface area (Å²) in [4.78, 5) is 24.5. The fourth-order valence-corrected chi connectivity index (χ4v) is 2.56. The molecule has 1 aromatic carbocycles. The van der Waals surface area contributed by atoms with E-state index in [1.807, 2.05) is 11.4 Å². The number of anilines is 1. The van der Waals surface area contributed by atoms with E-state index in [1.165, 1.54) is 17.6 Å². The number of aryl methyl sites for hydroxylation is 1. The second-order valence-electron chi connectivity index (χ2n) is 4.78. The highest BCUT2D eigenvalue weighted by molar-refractivity contribution is 7.12. The Morgan fingerprint density at radius 1 is 1.13 bits per heavy atom. The number of hydrogen-bond donors (Lipinski definition) is 1. The molecule has 1 N–H and O–H groups in total. The summed E-state index contributed by atoms with van der Waals surface area (Å²) >= 11 is 1.37. The van der Waals surface area contributed by atoms with E-state index in [9.17, 15) is 9.59 Å². The molecule has 2 heterocycles. The van der Waals surface area contributed by atoms with Crippen LogP contribution < -0.4 is 10.1 Å². The highest BCUT2D eigenvalue weighted by atomic mass is 32.1. The third-order valence-corrected chi connectivity index (χ3v) is 3.98. The average Bonchev–Trinajstić information content (AvgIpc) is 3.20. The number of benzene rings is 1. The first-order chi connectivity index (χ1) is 11.1. The highest BCUT2D eigenvalue weighted by Gasteiger charge is 2.15. The molecule has 3 rings (SSSR count). The lowest BCUT2D eigenvalue weighted by Crippen LogP contribution is -2.10. The summed E-state index contributed by atoms with van der Waals surface area (Å²) in [5.74, 6) is -0.168. The Morgan fingerprint density at radius 3 is 2.52 bits per heavy atom. The van der Waals surface area contributed by atoms with Crippen molar-refractivity contribution in [2.24, 2.45) is 0 Å². The highest BCUT2D eigenvalue weighted by Crippen LogP contribution is 2.19. The maximum Gasteiger partial charge on any atom is 0.379 e. The molecule has 2 aromatic heterocycles. The maximum absolute atomic E-state index is 11.9. The molecule has 0 fully saturated rings. The van der Waals surface area contributed by atoms with Gasteiger partial charge in [-0.15, -0.1) is 11.3 Å². The lowest BCUT2D eigenvalue weighted by Gasteiger charge is -2.06. The molecule has 0 spiro atoms. The molecule has 5 nitrogen and oxygen atoms in total. The smallest absolute Gasteiger partial charge is 0.379 e. The number of ether oxygens (including phenoxy) is 1. The Hall–Kier alpha value is -2.86. The van der Waals surface area contributed by atoms with Gasteiger partial charge in [0.1, 0.15) is 5.75 Å². The lowest BCUT2D eigenvalue weighted by molar-refractivity contribution is 0.0700. The molecule has 0 radical (unpaired) electrons. The number of furan rings is 1. The van der Waals surface area contributed by atoms with Gasteiger partial charge in [0, 0.05) is 11.3 Å². The minimum absolute atomic E-state index is 0.170. The summed E-state index contributed by atoms with van der Waals surface area (Å²) < 4.78 is 10.3. The summed E-state index contributed by atoms with van der Waals surface area (Å²) in [6.07, 6.45) is 1.44. The fraction of sp³-hybridized carbons (Fsp3) is 0.0588. The van der Waals surface area contributed by atoms with Crippen LogP contribution in [0.15, 0.2) is 58.5 Å². The first kappa shape index (κ1) is 15.1. The SMILES string of the molecule is Cc1ccoc1C(=O)Oc1ccc(NC(=O)c2cccs2)cc1. The number of esters is 1. The van der Waals surface area contributed by atoms with E-state index < -0.39 is 5.97 Å². The van der Waals surface area contributed by atoms with Gasteiger partial charge < -0.3 is 14.5 Å². The van der Waals surface area contributed by atoms with Crippen LogP contribution >= 0.6 is 11.3 Å². The first-order valence-electron chi connectivity index (χ1n) is 6.84. The molecule has 0 aliphatic carbocycles. The number of carbonyl (C=O) groups is 2. The minimum Gasteiger partial charge on any atom is -0.457 e. The predicted molar refractivity (Wildman–Crippen MR) is 87.1 cm³/mol. The van der Waals surface area contributed by atoms with Crippen LogP contribution in [0.3, 0.4) is 0 Å². The Labute approximate surface area is 136 Å². The van der Waals surface area contributed by atoms with E-state index >= 15 is 0 Å². The number of amides is 1. The zero-order valence-corrected chi connectivity index (χ0v) is 13.1. The number of carbonyl (C=O) groups excluding carboxylic acids is 2. The Morgan fingerprint density at radius 2 is 1.91 bits per heavy atom. The molecule has 116 valence electrons. The summed E-state index contributed by atoms with van der Waals surface area (Å²) in [6, 6.07) is 11.8. The molecule has 3 aromatic rings. The molecule has 0 atom stereocenters. The van der Waals surface area contributed by atoms with Crippen LogP contribution in [0.4, 0.5) is 5.69 Å². The molecule has 0 aliphatic heterocycles. The van der Waals surface area contributed by atoms with Gasteiger partial charge in [0.05, 0.1) is 11.1 Å². The Bertz CT molecular complexity index is 819. The molecule has 6 heteroatoms. The predicted octanol–water partition coefficient (Wildman–Crippen LogP) is 4.12. The van der Waals surface area contributed by atoms with E-state index in [-0.39, 0.29) is 11.7 Å². The van der Waals surface area contributed by atoms with Crippen LogP contribution in [0.2, 0.25) is 0 Å². The van der Waals surface area contributed by atoms with Crippen LogP contribution in [0, 0.1) is 6.92 Å². The summed E-state index contributed by atoms with van der Waals surface area (Å²) in [7, 11) is 0. The van der Waals surface area contributed by atoms with Crippen molar-refractivity contribution in [1.29, 1.82) is 0 Å². The quantitative estimate of drug-likeness (QED) is 0.578. The van der Waals surface area contributed by atoms with E-state index in [2.05, 4.69) is 5.32 Å². The van der Waals surface area contributed by atoms with Gasteiger partial charge in [-0.3, -0.25) is 4.79 Å². The zero-order chi connectivity index (χ0) is 16.2. The molecule has 23 heavy (non-hydrogen) atoms. The molecule has 0 unspecified atom stereocenters. The van der Waals surface area contributed by atoms with Gasteiger partial charge in [-0.2, -0.15) is 0 Å². The summed E-state index contributed by atoms with van der Waals surface area (Å²) in [5, 5.41) is 4.62. The van der Waals surface area contributed by atoms with Gasteiger partial charge in [-0.1, -0.05) is 6.07 Å². The van der Waals surface area contributed by atoms with Crippen molar-refractivity contribution >= 4 is 28.9 Å². The second-order valence-corrected chi connectivity index (χ2v) is 5.73. The normalized spacial score (nSPS) is 10.3. The van der Waals surface area contributed by atoms with E-state index in [0.717, 1.165) is 5.56 Å². The zero-order valence-electron chi connectivity index (χ0n) is 12.2. The standard InChI is InChI=1S/C17H13NO4S/c1-11-8-9-21-15(11)17(20)22-13-6-4-12(5-7-13)18-16(19)14-3-2-10-23-14/h2-10H,1H3,(H,18,19). The van der Waals surface area contributed by atoms with Crippen molar-refractivity contribution in [1.82, 2.24) is 0 Å². The largest absolute Gasteiger partial charge is 0.457 e. The van der Waals surface area contributed by atoms with Crippen molar-refractivity contribution in [2.75, 3.05) is 5.32 Å². The van der Waals surface area contributed by atoms with E-state index in [4.69, 9.17) is 9.15 Å². The third kappa shape index (κ3) is 3.49. The lowest BCUT2D eigenvalue weighted by atomic mass is 10.2. The van der Waals surface area contributed by atoms with Crippen molar-refractivity contribution in [2.45, 2.75) is 6.92 Å². The van der Waals surface area contributed by atoms with Crippen molar-refractivity contribution < 1.29 is 18.7 Å². The molecular formula is C17H13NO4S. The maximum atomic E-state index is 11.9. The molecule has 0 saturated heterocycles. The topological polar surface area (TPSA) is 68.5 Å². The van der Waals surface area contributed by atoms with Crippen LogP contribution in [-0.4, -0.2) is 11.9 Å². The minimum atomic E-state index is -0.553. The van der Waals surface area contributed by atoms with Crippen LogP contribution in [-0.2, 0) is 0 Å². The number of rotatable bonds is 4. The number of thiophene rings is 1. The van der Waals surface area contributed by atoms with Crippen LogP contribution in [0.5, 0.6) is 5.75 Å². The second kappa shape index (κ2) is 6.50. The van der Waals surface area contributed by atoms with Gasteiger partial charge in [-0.25, -0.2) is 4.79 Å². The van der Waals surface area contributed by atoms with Crippen molar-refractivity contribution in [3.05, 3.63) is 70.3 Å². The molecule has 0 saturated carbocycles. The summed E-state index contributed by atoms with van der Waals surface area (Å²) in [5.41, 5.74) is 1.34.